The maximum atomic E-state index is 13.2. The van der Waals surface area contributed by atoms with E-state index in [0.29, 0.717) is 12.0 Å². The molecule has 26 heavy (non-hydrogen) atoms. The van der Waals surface area contributed by atoms with Gasteiger partial charge in [0.25, 0.3) is 0 Å². The molecule has 3 aromatic rings. The van der Waals surface area contributed by atoms with Crippen LogP contribution in [0.2, 0.25) is 0 Å². The van der Waals surface area contributed by atoms with E-state index in [-0.39, 0.29) is 5.82 Å². The third-order valence-electron chi connectivity index (χ3n) is 5.43. The molecule has 2 atom stereocenters. The summed E-state index contributed by atoms with van der Waals surface area (Å²) in [6.45, 7) is 0.755. The Hall–Kier alpha value is -2.45. The smallest absolute Gasteiger partial charge is 0.123 e. The number of nitrogens with one attached hydrogen (secondary N) is 1. The summed E-state index contributed by atoms with van der Waals surface area (Å²) in [7, 11) is 0. The zero-order valence-electron chi connectivity index (χ0n) is 14.9. The van der Waals surface area contributed by atoms with E-state index < -0.39 is 0 Å². The Morgan fingerprint density at radius 1 is 0.808 bits per heavy atom. The molecule has 0 heterocycles. The van der Waals surface area contributed by atoms with Gasteiger partial charge in [0.15, 0.2) is 0 Å². The molecule has 0 aliphatic heterocycles. The Labute approximate surface area is 154 Å². The van der Waals surface area contributed by atoms with Gasteiger partial charge < -0.3 is 5.32 Å². The Kier molecular flexibility index (Phi) is 5.12. The predicted octanol–water partition coefficient (Wildman–Crippen LogP) is 5.46. The second kappa shape index (κ2) is 7.84. The van der Waals surface area contributed by atoms with Crippen LogP contribution in [-0.2, 0) is 19.4 Å². The average Bonchev–Trinajstić information content (AvgIpc) is 2.69. The zero-order valence-corrected chi connectivity index (χ0v) is 14.9. The molecule has 1 aliphatic carbocycles. The van der Waals surface area contributed by atoms with Crippen molar-refractivity contribution < 1.29 is 4.39 Å². The maximum absolute atomic E-state index is 13.2. The summed E-state index contributed by atoms with van der Waals surface area (Å²) in [5.74, 6) is 0.381. The first-order valence-corrected chi connectivity index (χ1v) is 9.39. The van der Waals surface area contributed by atoms with Crippen LogP contribution >= 0.6 is 0 Å². The number of halogens is 1. The molecule has 0 amide bonds. The third-order valence-corrected chi connectivity index (χ3v) is 5.43. The number of hydrogen-bond donors (Lipinski definition) is 1. The topological polar surface area (TPSA) is 12.0 Å². The van der Waals surface area contributed by atoms with Gasteiger partial charge in [-0.1, -0.05) is 66.7 Å². The van der Waals surface area contributed by atoms with Crippen molar-refractivity contribution in [3.8, 4) is 0 Å². The van der Waals surface area contributed by atoms with Crippen molar-refractivity contribution in [2.45, 2.75) is 31.8 Å². The highest BCUT2D eigenvalue weighted by Crippen LogP contribution is 2.36. The van der Waals surface area contributed by atoms with Crippen LogP contribution in [0.15, 0.2) is 78.9 Å². The SMILES string of the molecule is Fc1ccc(CNC2c3ccccc3CCC2Cc2ccccc2)cc1. The molecule has 3 aromatic carbocycles. The van der Waals surface area contributed by atoms with Gasteiger partial charge >= 0.3 is 0 Å². The van der Waals surface area contributed by atoms with Crippen molar-refractivity contribution in [1.29, 1.82) is 0 Å². The molecule has 2 heteroatoms. The van der Waals surface area contributed by atoms with E-state index in [0.717, 1.165) is 24.9 Å². The molecule has 0 aromatic heterocycles. The Balaban J connectivity index is 1.56. The summed E-state index contributed by atoms with van der Waals surface area (Å²) in [6, 6.07) is 26.6. The molecule has 132 valence electrons. The molecule has 4 rings (SSSR count). The Morgan fingerprint density at radius 3 is 2.35 bits per heavy atom. The normalized spacial score (nSPS) is 19.1. The van der Waals surface area contributed by atoms with Crippen LogP contribution in [-0.4, -0.2) is 0 Å². The van der Waals surface area contributed by atoms with Crippen LogP contribution in [0, 0.1) is 11.7 Å². The maximum Gasteiger partial charge on any atom is 0.123 e. The van der Waals surface area contributed by atoms with Gasteiger partial charge in [0.1, 0.15) is 5.82 Å². The first-order chi connectivity index (χ1) is 12.8. The molecule has 0 fully saturated rings. The summed E-state index contributed by atoms with van der Waals surface area (Å²) < 4.78 is 13.2. The van der Waals surface area contributed by atoms with Crippen molar-refractivity contribution in [1.82, 2.24) is 5.32 Å². The predicted molar refractivity (Wildman–Crippen MR) is 104 cm³/mol. The van der Waals surface area contributed by atoms with Gasteiger partial charge in [-0.25, -0.2) is 4.39 Å². The Morgan fingerprint density at radius 2 is 1.54 bits per heavy atom. The molecule has 1 aliphatic rings. The van der Waals surface area contributed by atoms with Crippen LogP contribution in [0.3, 0.4) is 0 Å². The van der Waals surface area contributed by atoms with Gasteiger partial charge in [0, 0.05) is 12.6 Å². The fourth-order valence-electron chi connectivity index (χ4n) is 4.07. The largest absolute Gasteiger partial charge is 0.306 e. The molecular formula is C24H24FN. The standard InChI is InChI=1S/C24H24FN/c25-22-14-10-19(11-15-22)17-26-24-21(16-18-6-2-1-3-7-18)13-12-20-8-4-5-9-23(20)24/h1-11,14-15,21,24,26H,12-13,16-17H2. The highest BCUT2D eigenvalue weighted by molar-refractivity contribution is 5.34. The number of rotatable bonds is 5. The summed E-state index contributed by atoms with van der Waals surface area (Å²) in [5.41, 5.74) is 5.38. The minimum absolute atomic E-state index is 0.182. The third kappa shape index (κ3) is 3.86. The molecule has 0 saturated heterocycles. The number of benzene rings is 3. The van der Waals surface area contributed by atoms with E-state index in [1.54, 1.807) is 0 Å². The summed E-state index contributed by atoms with van der Waals surface area (Å²) in [5, 5.41) is 3.76. The number of hydrogen-bond acceptors (Lipinski definition) is 1. The van der Waals surface area contributed by atoms with E-state index >= 15 is 0 Å². The average molecular weight is 345 g/mol. The van der Waals surface area contributed by atoms with Crippen LogP contribution < -0.4 is 5.32 Å². The highest BCUT2D eigenvalue weighted by atomic mass is 19.1. The van der Waals surface area contributed by atoms with Gasteiger partial charge in [-0.2, -0.15) is 0 Å². The van der Waals surface area contributed by atoms with E-state index in [9.17, 15) is 4.39 Å². The minimum atomic E-state index is -0.182. The Bertz CT molecular complexity index is 842. The second-order valence-electron chi connectivity index (χ2n) is 7.17. The van der Waals surface area contributed by atoms with Crippen LogP contribution in [0.25, 0.3) is 0 Å². The lowest BCUT2D eigenvalue weighted by molar-refractivity contribution is 0.317. The van der Waals surface area contributed by atoms with Crippen molar-refractivity contribution in [3.05, 3.63) is 107 Å². The van der Waals surface area contributed by atoms with Crippen LogP contribution in [0.4, 0.5) is 4.39 Å². The van der Waals surface area contributed by atoms with Gasteiger partial charge in [-0.05, 0) is 59.6 Å². The van der Waals surface area contributed by atoms with E-state index in [4.69, 9.17) is 0 Å². The molecule has 1 nitrogen and oxygen atoms in total. The number of aryl methyl sites for hydroxylation is 1. The monoisotopic (exact) mass is 345 g/mol. The molecule has 2 unspecified atom stereocenters. The van der Waals surface area contributed by atoms with E-state index in [1.165, 1.54) is 35.2 Å². The minimum Gasteiger partial charge on any atom is -0.306 e. The van der Waals surface area contributed by atoms with Crippen LogP contribution in [0.1, 0.15) is 34.7 Å². The van der Waals surface area contributed by atoms with Gasteiger partial charge in [-0.15, -0.1) is 0 Å². The molecular weight excluding hydrogens is 321 g/mol. The second-order valence-corrected chi connectivity index (χ2v) is 7.17. The first kappa shape index (κ1) is 17.0. The molecule has 0 radical (unpaired) electrons. The van der Waals surface area contributed by atoms with Crippen molar-refractivity contribution >= 4 is 0 Å². The highest BCUT2D eigenvalue weighted by Gasteiger charge is 2.29. The summed E-state index contributed by atoms with van der Waals surface area (Å²) in [6.07, 6.45) is 3.41. The van der Waals surface area contributed by atoms with E-state index in [1.807, 2.05) is 12.1 Å². The van der Waals surface area contributed by atoms with Crippen molar-refractivity contribution in [3.63, 3.8) is 0 Å². The molecule has 1 N–H and O–H groups in total. The molecule has 0 bridgehead atoms. The lowest BCUT2D eigenvalue weighted by Gasteiger charge is -2.35. The lowest BCUT2D eigenvalue weighted by atomic mass is 9.77. The molecule has 0 saturated carbocycles. The van der Waals surface area contributed by atoms with Crippen molar-refractivity contribution in [2.75, 3.05) is 0 Å². The summed E-state index contributed by atoms with van der Waals surface area (Å²) in [4.78, 5) is 0. The fourth-order valence-corrected chi connectivity index (χ4v) is 4.07. The first-order valence-electron chi connectivity index (χ1n) is 9.39. The van der Waals surface area contributed by atoms with Crippen LogP contribution in [0.5, 0.6) is 0 Å². The van der Waals surface area contributed by atoms with Gasteiger partial charge in [0.2, 0.25) is 0 Å². The summed E-state index contributed by atoms with van der Waals surface area (Å²) >= 11 is 0. The van der Waals surface area contributed by atoms with Gasteiger partial charge in [-0.3, -0.25) is 0 Å². The molecule has 0 spiro atoms. The van der Waals surface area contributed by atoms with Gasteiger partial charge in [0.05, 0.1) is 0 Å². The zero-order chi connectivity index (χ0) is 17.8. The lowest BCUT2D eigenvalue weighted by Crippen LogP contribution is -2.33. The number of fused-ring (bicyclic) bond motifs is 1. The van der Waals surface area contributed by atoms with E-state index in [2.05, 4.69) is 59.9 Å². The van der Waals surface area contributed by atoms with Crippen molar-refractivity contribution in [2.24, 2.45) is 5.92 Å². The quantitative estimate of drug-likeness (QED) is 0.647. The fraction of sp³-hybridized carbons (Fsp3) is 0.250.